The maximum absolute atomic E-state index is 8.10. The van der Waals surface area contributed by atoms with E-state index in [4.69, 9.17) is 20.3 Å². The van der Waals surface area contributed by atoms with Crippen molar-refractivity contribution in [3.63, 3.8) is 0 Å². The van der Waals surface area contributed by atoms with Gasteiger partial charge in [0.05, 0.1) is 24.3 Å². The van der Waals surface area contributed by atoms with Crippen molar-refractivity contribution in [2.75, 3.05) is 13.2 Å². The van der Waals surface area contributed by atoms with Crippen molar-refractivity contribution < 1.29 is 9.47 Å². The minimum atomic E-state index is 0.185. The van der Waals surface area contributed by atoms with E-state index >= 15 is 0 Å². The molecular weight excluding hydrogens is 266 g/mol. The molecule has 0 spiro atoms. The van der Waals surface area contributed by atoms with Crippen LogP contribution < -0.4 is 14.8 Å². The lowest BCUT2D eigenvalue weighted by atomic mass is 9.98. The lowest BCUT2D eigenvalue weighted by Crippen LogP contribution is -2.20. The number of nitrogens with one attached hydrogen (secondary N) is 3. The topological polar surface area (TPSA) is 78.2 Å². The van der Waals surface area contributed by atoms with Crippen LogP contribution in [0.2, 0.25) is 0 Å². The van der Waals surface area contributed by atoms with E-state index in [9.17, 15) is 0 Å². The van der Waals surface area contributed by atoms with E-state index in [-0.39, 0.29) is 11.7 Å². The van der Waals surface area contributed by atoms with E-state index in [1.807, 2.05) is 38.1 Å². The van der Waals surface area contributed by atoms with Gasteiger partial charge in [-0.3, -0.25) is 10.8 Å². The second kappa shape index (κ2) is 5.09. The molecule has 2 aromatic rings. The average Bonchev–Trinajstić information content (AvgIpc) is 2.77. The molecule has 0 radical (unpaired) electrons. The standard InChI is InChI=1S/C16H17N3O2/c1-3-20-13-9-7-5-6-8-10(9)14(21-4-2)12-11(13)15(17)19-16(12)18/h5-8H,3-4H2,1-2H3,(H3,17,18,19). The molecule has 0 amide bonds. The minimum absolute atomic E-state index is 0.185. The summed E-state index contributed by atoms with van der Waals surface area (Å²) in [4.78, 5) is 0. The van der Waals surface area contributed by atoms with Crippen LogP contribution >= 0.6 is 0 Å². The van der Waals surface area contributed by atoms with E-state index in [0.29, 0.717) is 35.8 Å². The van der Waals surface area contributed by atoms with Gasteiger partial charge in [-0.25, -0.2) is 0 Å². The van der Waals surface area contributed by atoms with Crippen LogP contribution in [0.1, 0.15) is 25.0 Å². The van der Waals surface area contributed by atoms with Gasteiger partial charge < -0.3 is 14.8 Å². The summed E-state index contributed by atoms with van der Waals surface area (Å²) in [5.74, 6) is 1.66. The van der Waals surface area contributed by atoms with Crippen LogP contribution in [0, 0.1) is 10.8 Å². The number of hydrogen-bond donors (Lipinski definition) is 3. The second-order valence-electron chi connectivity index (χ2n) is 4.69. The molecule has 0 aromatic heterocycles. The molecule has 1 aliphatic rings. The van der Waals surface area contributed by atoms with Crippen LogP contribution in [0.3, 0.4) is 0 Å². The van der Waals surface area contributed by atoms with Gasteiger partial charge in [0.15, 0.2) is 0 Å². The van der Waals surface area contributed by atoms with Crippen LogP contribution in [0.15, 0.2) is 24.3 Å². The number of rotatable bonds is 4. The Bertz CT molecular complexity index is 690. The average molecular weight is 283 g/mol. The van der Waals surface area contributed by atoms with Crippen LogP contribution in [0.5, 0.6) is 11.5 Å². The Hall–Kier alpha value is -2.56. The first kappa shape index (κ1) is 13.4. The second-order valence-corrected chi connectivity index (χ2v) is 4.69. The Morgan fingerprint density at radius 1 is 0.857 bits per heavy atom. The van der Waals surface area contributed by atoms with Gasteiger partial charge in [0.25, 0.3) is 0 Å². The molecule has 2 aromatic carbocycles. The first-order chi connectivity index (χ1) is 10.2. The molecule has 5 nitrogen and oxygen atoms in total. The van der Waals surface area contributed by atoms with Gasteiger partial charge >= 0.3 is 0 Å². The van der Waals surface area contributed by atoms with Crippen LogP contribution in [-0.2, 0) is 0 Å². The summed E-state index contributed by atoms with van der Waals surface area (Å²) in [6.45, 7) is 4.83. The Balaban J connectivity index is 2.45. The SMILES string of the molecule is CCOc1c2c(c(OCC)c3ccccc13)C(=N)NC2=N. The molecule has 21 heavy (non-hydrogen) atoms. The van der Waals surface area contributed by atoms with E-state index in [1.165, 1.54) is 0 Å². The highest BCUT2D eigenvalue weighted by Crippen LogP contribution is 2.42. The van der Waals surface area contributed by atoms with Gasteiger partial charge in [-0.05, 0) is 13.8 Å². The van der Waals surface area contributed by atoms with E-state index in [2.05, 4.69) is 5.32 Å². The highest BCUT2D eigenvalue weighted by atomic mass is 16.5. The molecule has 0 atom stereocenters. The van der Waals surface area contributed by atoms with Crippen molar-refractivity contribution in [2.45, 2.75) is 13.8 Å². The molecule has 108 valence electrons. The fourth-order valence-corrected chi connectivity index (χ4v) is 2.69. The molecule has 1 heterocycles. The Labute approximate surface area is 122 Å². The molecular formula is C16H17N3O2. The monoisotopic (exact) mass is 283 g/mol. The lowest BCUT2D eigenvalue weighted by Gasteiger charge is -2.17. The molecule has 0 fully saturated rings. The van der Waals surface area contributed by atoms with Crippen molar-refractivity contribution in [3.05, 3.63) is 35.4 Å². The third-order valence-electron chi connectivity index (χ3n) is 3.45. The van der Waals surface area contributed by atoms with Crippen molar-refractivity contribution in [1.29, 1.82) is 10.8 Å². The van der Waals surface area contributed by atoms with Crippen molar-refractivity contribution in [2.24, 2.45) is 0 Å². The smallest absolute Gasteiger partial charge is 0.139 e. The van der Waals surface area contributed by atoms with Gasteiger partial charge in [-0.2, -0.15) is 0 Å². The predicted molar refractivity (Wildman–Crippen MR) is 83.1 cm³/mol. The number of benzene rings is 2. The summed E-state index contributed by atoms with van der Waals surface area (Å²) in [7, 11) is 0. The number of ether oxygens (including phenoxy) is 2. The van der Waals surface area contributed by atoms with Crippen molar-refractivity contribution in [1.82, 2.24) is 5.32 Å². The molecule has 5 heteroatoms. The molecule has 0 aliphatic carbocycles. The van der Waals surface area contributed by atoms with Gasteiger partial charge in [0.2, 0.25) is 0 Å². The number of hydrogen-bond acceptors (Lipinski definition) is 4. The molecule has 0 bridgehead atoms. The first-order valence-electron chi connectivity index (χ1n) is 6.98. The zero-order valence-electron chi connectivity index (χ0n) is 12.0. The molecule has 3 rings (SSSR count). The normalized spacial score (nSPS) is 13.2. The van der Waals surface area contributed by atoms with Crippen molar-refractivity contribution >= 4 is 22.4 Å². The van der Waals surface area contributed by atoms with Gasteiger partial charge in [0, 0.05) is 10.8 Å². The molecule has 3 N–H and O–H groups in total. The lowest BCUT2D eigenvalue weighted by molar-refractivity contribution is 0.336. The summed E-state index contributed by atoms with van der Waals surface area (Å²) in [5.41, 5.74) is 1.23. The van der Waals surface area contributed by atoms with Gasteiger partial charge in [0.1, 0.15) is 23.2 Å². The summed E-state index contributed by atoms with van der Waals surface area (Å²) in [6, 6.07) is 7.78. The van der Waals surface area contributed by atoms with Crippen LogP contribution in [0.25, 0.3) is 10.8 Å². The highest BCUT2D eigenvalue weighted by Gasteiger charge is 2.32. The summed E-state index contributed by atoms with van der Waals surface area (Å²) in [5, 5.41) is 20.8. The highest BCUT2D eigenvalue weighted by molar-refractivity contribution is 6.28. The van der Waals surface area contributed by atoms with E-state index in [0.717, 1.165) is 10.8 Å². The molecule has 0 saturated heterocycles. The van der Waals surface area contributed by atoms with Gasteiger partial charge in [-0.1, -0.05) is 24.3 Å². The zero-order chi connectivity index (χ0) is 15.0. The predicted octanol–water partition coefficient (Wildman–Crippen LogP) is 2.89. The number of amidine groups is 2. The maximum Gasteiger partial charge on any atom is 0.139 e. The van der Waals surface area contributed by atoms with Crippen LogP contribution in [0.4, 0.5) is 0 Å². The maximum atomic E-state index is 8.10. The largest absolute Gasteiger partial charge is 0.492 e. The fraction of sp³-hybridized carbons (Fsp3) is 0.250. The van der Waals surface area contributed by atoms with Gasteiger partial charge in [-0.15, -0.1) is 0 Å². The molecule has 0 saturated carbocycles. The zero-order valence-corrected chi connectivity index (χ0v) is 12.0. The third-order valence-corrected chi connectivity index (χ3v) is 3.45. The Morgan fingerprint density at radius 3 is 1.67 bits per heavy atom. The van der Waals surface area contributed by atoms with Crippen molar-refractivity contribution in [3.8, 4) is 11.5 Å². The minimum Gasteiger partial charge on any atom is -0.492 e. The fourth-order valence-electron chi connectivity index (χ4n) is 2.69. The van der Waals surface area contributed by atoms with E-state index < -0.39 is 0 Å². The summed E-state index contributed by atoms with van der Waals surface area (Å²) < 4.78 is 11.6. The number of fused-ring (bicyclic) bond motifs is 2. The summed E-state index contributed by atoms with van der Waals surface area (Å²) >= 11 is 0. The quantitative estimate of drug-likeness (QED) is 0.807. The first-order valence-corrected chi connectivity index (χ1v) is 6.98. The molecule has 0 unspecified atom stereocenters. The third kappa shape index (κ3) is 1.93. The van der Waals surface area contributed by atoms with Crippen LogP contribution in [-0.4, -0.2) is 24.9 Å². The molecule has 1 aliphatic heterocycles. The Kier molecular flexibility index (Phi) is 3.25. The van der Waals surface area contributed by atoms with E-state index in [1.54, 1.807) is 0 Å². The Morgan fingerprint density at radius 2 is 1.29 bits per heavy atom. The summed E-state index contributed by atoms with van der Waals surface area (Å²) in [6.07, 6.45) is 0.